The molecule has 0 spiro atoms. The van der Waals surface area contributed by atoms with Gasteiger partial charge in [0, 0.05) is 23.0 Å². The van der Waals surface area contributed by atoms with E-state index >= 15 is 4.79 Å². The van der Waals surface area contributed by atoms with E-state index in [9.17, 15) is 28.8 Å². The van der Waals surface area contributed by atoms with Crippen LogP contribution in [0.2, 0.25) is 0 Å². The molecule has 0 radical (unpaired) electrons. The van der Waals surface area contributed by atoms with E-state index < -0.39 is 59.0 Å². The van der Waals surface area contributed by atoms with Crippen LogP contribution in [0.15, 0.2) is 24.3 Å². The highest BCUT2D eigenvalue weighted by molar-refractivity contribution is 6.38. The lowest BCUT2D eigenvalue weighted by Gasteiger charge is -2.40. The summed E-state index contributed by atoms with van der Waals surface area (Å²) in [4.78, 5) is 101. The number of amides is 5. The Hall–Kier alpha value is -4.55. The molecule has 3 aliphatic carbocycles. The van der Waals surface area contributed by atoms with Gasteiger partial charge in [0.25, 0.3) is 11.8 Å². The van der Waals surface area contributed by atoms with Gasteiger partial charge < -0.3 is 31.2 Å². The molecule has 5 N–H and O–H groups in total. The first kappa shape index (κ1) is 41.1. The van der Waals surface area contributed by atoms with E-state index in [4.69, 9.17) is 0 Å². The number of rotatable bonds is 14. The Kier molecular flexibility index (Phi) is 12.7. The van der Waals surface area contributed by atoms with Crippen LogP contribution in [-0.4, -0.2) is 87.2 Å². The largest absolute Gasteiger partial charge is 0.350 e. The third kappa shape index (κ3) is 9.02. The molecule has 1 aliphatic heterocycles. The van der Waals surface area contributed by atoms with Crippen molar-refractivity contribution in [3.8, 4) is 0 Å². The minimum atomic E-state index is -1.05. The zero-order valence-electron chi connectivity index (χ0n) is 33.6. The lowest BCUT2D eigenvalue weighted by molar-refractivity contribution is -0.147. The summed E-state index contributed by atoms with van der Waals surface area (Å²) in [6.07, 6.45) is 10.7. The van der Waals surface area contributed by atoms with Crippen molar-refractivity contribution in [2.24, 2.45) is 17.3 Å². The quantitative estimate of drug-likeness (QED) is 0.134. The fourth-order valence-corrected chi connectivity index (χ4v) is 9.27. The smallest absolute Gasteiger partial charge is 0.289 e. The lowest BCUT2D eigenvalue weighted by atomic mass is 9.81. The van der Waals surface area contributed by atoms with Gasteiger partial charge in [-0.15, -0.1) is 0 Å². The van der Waals surface area contributed by atoms with Crippen LogP contribution in [0.4, 0.5) is 0 Å². The molecule has 4 fully saturated rings. The number of hydrogen-bond acceptors (Lipinski definition) is 7. The Balaban J connectivity index is 1.26. The maximum Gasteiger partial charge on any atom is 0.289 e. The van der Waals surface area contributed by atoms with E-state index in [2.05, 4.69) is 26.3 Å². The van der Waals surface area contributed by atoms with Crippen molar-refractivity contribution in [3.63, 3.8) is 0 Å². The van der Waals surface area contributed by atoms with Crippen molar-refractivity contribution in [2.75, 3.05) is 0 Å². The van der Waals surface area contributed by atoms with Crippen LogP contribution < -0.4 is 21.3 Å². The zero-order valence-corrected chi connectivity index (χ0v) is 33.6. The Morgan fingerprint density at radius 3 is 2.20 bits per heavy atom. The molecule has 3 saturated carbocycles. The van der Waals surface area contributed by atoms with Gasteiger partial charge in [-0.05, 0) is 81.6 Å². The second-order valence-electron chi connectivity index (χ2n) is 17.7. The molecule has 1 unspecified atom stereocenters. The van der Waals surface area contributed by atoms with Gasteiger partial charge >= 0.3 is 0 Å². The average Bonchev–Trinajstić information content (AvgIpc) is 3.76. The van der Waals surface area contributed by atoms with E-state index in [-0.39, 0.29) is 53.3 Å². The van der Waals surface area contributed by atoms with Crippen LogP contribution in [-0.2, 0) is 24.0 Å². The van der Waals surface area contributed by atoms with Crippen LogP contribution in [0.25, 0.3) is 10.9 Å². The second-order valence-corrected chi connectivity index (χ2v) is 17.7. The van der Waals surface area contributed by atoms with Crippen LogP contribution in [0.5, 0.6) is 0 Å². The summed E-state index contributed by atoms with van der Waals surface area (Å²) in [5.41, 5.74) is 0.199. The monoisotopic (exact) mass is 772 g/mol. The molecule has 13 nitrogen and oxygen atoms in total. The van der Waals surface area contributed by atoms with Crippen molar-refractivity contribution >= 4 is 52.0 Å². The predicted molar refractivity (Wildman–Crippen MR) is 212 cm³/mol. The molecule has 1 saturated heterocycles. The summed E-state index contributed by atoms with van der Waals surface area (Å²) < 4.78 is 0. The maximum atomic E-state index is 15.0. The minimum Gasteiger partial charge on any atom is -0.350 e. The maximum absolute atomic E-state index is 15.0. The fraction of sp³-hybridized carbons (Fsp3) is 0.651. The van der Waals surface area contributed by atoms with Crippen molar-refractivity contribution in [3.05, 3.63) is 35.5 Å². The topological polar surface area (TPSA) is 187 Å². The van der Waals surface area contributed by atoms with Crippen molar-refractivity contribution in [1.29, 1.82) is 0 Å². The predicted octanol–water partition coefficient (Wildman–Crippen LogP) is 4.87. The Morgan fingerprint density at radius 2 is 1.54 bits per heavy atom. The fourth-order valence-electron chi connectivity index (χ4n) is 9.27. The molecule has 2 heterocycles. The van der Waals surface area contributed by atoms with Gasteiger partial charge in [0.2, 0.25) is 23.5 Å². The van der Waals surface area contributed by atoms with Gasteiger partial charge in [0.15, 0.2) is 5.78 Å². The van der Waals surface area contributed by atoms with E-state index in [1.807, 2.05) is 33.8 Å². The standard InChI is InChI=1S/C43H60N6O7/c1-6-14-30(36(51)41(55)44-27-21-22-27)46-38(52)32-23-26-17-10-13-20-31(26)49(32)42(56)37(43(3,4)5)48-39(53)34(25-15-8-7-9-16-25)47-40(54)35-33(24(2)50)28-18-11-12-19-29(28)45-35/h11-12,18-19,25-27,30-32,34,37,45H,6-10,13-17,20-23H2,1-5H3,(H,44,55)(H,46,52)(H,47,54)(H,48,53)/t26-,30-,31-,32-,34-,37?/m0/s1. The third-order valence-corrected chi connectivity index (χ3v) is 12.4. The molecule has 13 heteroatoms. The summed E-state index contributed by atoms with van der Waals surface area (Å²) in [5, 5.41) is 12.3. The molecule has 1 aromatic carbocycles. The molecule has 1 aromatic heterocycles. The molecule has 56 heavy (non-hydrogen) atoms. The number of Topliss-reactive ketones (excluding diaryl/α,β-unsaturated/α-hetero) is 2. The van der Waals surface area contributed by atoms with Gasteiger partial charge in [-0.3, -0.25) is 33.6 Å². The van der Waals surface area contributed by atoms with Gasteiger partial charge in [0.05, 0.1) is 11.6 Å². The number of carbonyl (C=O) groups is 7. The molecule has 304 valence electrons. The first-order valence-electron chi connectivity index (χ1n) is 20.9. The number of benzene rings is 1. The van der Waals surface area contributed by atoms with Crippen LogP contribution in [0.1, 0.15) is 145 Å². The van der Waals surface area contributed by atoms with Crippen LogP contribution in [0, 0.1) is 17.3 Å². The van der Waals surface area contributed by atoms with Crippen molar-refractivity contribution < 1.29 is 33.6 Å². The molecular formula is C43H60N6O7. The SMILES string of the molecule is CCC[C@H](NC(=O)[C@@H]1C[C@@H]2CCCC[C@@H]2N1C(=O)C(NC(=O)[C@@H](NC(=O)c1[nH]c2ccccc2c1C(C)=O)C1CCCCC1)C(C)(C)C)C(=O)C(=O)NC1CC1. The van der Waals surface area contributed by atoms with E-state index in [0.29, 0.717) is 36.6 Å². The van der Waals surface area contributed by atoms with E-state index in [1.54, 1.807) is 23.1 Å². The summed E-state index contributed by atoms with van der Waals surface area (Å²) in [7, 11) is 0. The number of aromatic amines is 1. The average molecular weight is 773 g/mol. The number of hydrogen-bond donors (Lipinski definition) is 5. The summed E-state index contributed by atoms with van der Waals surface area (Å²) in [6.45, 7) is 8.89. The molecule has 6 rings (SSSR count). The number of para-hydroxylation sites is 1. The summed E-state index contributed by atoms with van der Waals surface area (Å²) >= 11 is 0. The van der Waals surface area contributed by atoms with Crippen molar-refractivity contribution in [1.82, 2.24) is 31.2 Å². The summed E-state index contributed by atoms with van der Waals surface area (Å²) in [6, 6.07) is 3.05. The normalized spacial score (nSPS) is 23.0. The molecule has 0 bridgehead atoms. The number of carbonyl (C=O) groups excluding carboxylic acids is 7. The van der Waals surface area contributed by atoms with Crippen molar-refractivity contribution in [2.45, 2.75) is 161 Å². The van der Waals surface area contributed by atoms with Gasteiger partial charge in [-0.25, -0.2) is 0 Å². The Morgan fingerprint density at radius 1 is 0.857 bits per heavy atom. The minimum absolute atomic E-state index is 0.00214. The number of ketones is 2. The molecular weight excluding hydrogens is 713 g/mol. The Labute approximate surface area is 329 Å². The molecule has 4 aliphatic rings. The second kappa shape index (κ2) is 17.3. The Bertz CT molecular complexity index is 1840. The number of likely N-dealkylation sites (tertiary alicyclic amines) is 1. The van der Waals surface area contributed by atoms with Gasteiger partial charge in [-0.2, -0.15) is 0 Å². The summed E-state index contributed by atoms with van der Waals surface area (Å²) in [5.74, 6) is -3.67. The zero-order chi connectivity index (χ0) is 40.3. The number of H-pyrrole nitrogens is 1. The highest BCUT2D eigenvalue weighted by atomic mass is 16.2. The van der Waals surface area contributed by atoms with Gasteiger partial charge in [0.1, 0.15) is 23.8 Å². The van der Waals surface area contributed by atoms with Crippen LogP contribution in [0.3, 0.4) is 0 Å². The highest BCUT2D eigenvalue weighted by Crippen LogP contribution is 2.41. The van der Waals surface area contributed by atoms with Crippen LogP contribution >= 0.6 is 0 Å². The number of fused-ring (bicyclic) bond motifs is 2. The third-order valence-electron chi connectivity index (χ3n) is 12.4. The van der Waals surface area contributed by atoms with E-state index in [1.165, 1.54) is 6.92 Å². The lowest BCUT2D eigenvalue weighted by Crippen LogP contribution is -2.63. The first-order chi connectivity index (χ1) is 26.7. The molecule has 5 amide bonds. The highest BCUT2D eigenvalue weighted by Gasteiger charge is 2.51. The van der Waals surface area contributed by atoms with E-state index in [0.717, 1.165) is 57.8 Å². The number of aromatic nitrogens is 1. The number of nitrogens with zero attached hydrogens (tertiary/aromatic N) is 1. The molecule has 6 atom stereocenters. The first-order valence-corrected chi connectivity index (χ1v) is 20.9. The number of nitrogens with one attached hydrogen (secondary N) is 5. The molecule has 2 aromatic rings. The van der Waals surface area contributed by atoms with Gasteiger partial charge in [-0.1, -0.05) is 84.4 Å².